The molecule has 1 heterocycles. The van der Waals surface area contributed by atoms with E-state index in [9.17, 15) is 8.42 Å². The second-order valence-electron chi connectivity index (χ2n) is 6.29. The number of hydrogen-bond donors (Lipinski definition) is 2. The Hall–Kier alpha value is -1.21. The van der Waals surface area contributed by atoms with E-state index in [4.69, 9.17) is 5.73 Å². The number of aromatic nitrogens is 1. The molecule has 7 heteroatoms. The highest BCUT2D eigenvalue weighted by atomic mass is 35.5. The summed E-state index contributed by atoms with van der Waals surface area (Å²) in [5.74, 6) is 0.338. The summed E-state index contributed by atoms with van der Waals surface area (Å²) in [6.07, 6.45) is 6.07. The van der Waals surface area contributed by atoms with E-state index in [1.54, 1.807) is 30.5 Å². The van der Waals surface area contributed by atoms with Crippen LogP contribution in [-0.4, -0.2) is 26.0 Å². The van der Waals surface area contributed by atoms with E-state index in [1.807, 2.05) is 6.92 Å². The summed E-state index contributed by atoms with van der Waals surface area (Å²) in [5, 5.41) is 0.655. The highest BCUT2D eigenvalue weighted by Gasteiger charge is 2.29. The van der Waals surface area contributed by atoms with E-state index in [2.05, 4.69) is 9.71 Å². The number of halogens is 1. The fraction of sp³-hybridized carbons (Fsp3) is 0.471. The normalized spacial score (nSPS) is 16.9. The average molecular weight is 370 g/mol. The maximum Gasteiger partial charge on any atom is 0.241 e. The van der Waals surface area contributed by atoms with E-state index < -0.39 is 10.0 Å². The van der Waals surface area contributed by atoms with Crippen molar-refractivity contribution in [2.24, 2.45) is 11.7 Å². The third-order valence-electron chi connectivity index (χ3n) is 4.75. The van der Waals surface area contributed by atoms with Gasteiger partial charge in [-0.15, -0.1) is 12.4 Å². The Morgan fingerprint density at radius 1 is 1.29 bits per heavy atom. The third kappa shape index (κ3) is 3.72. The molecule has 1 fully saturated rings. The minimum atomic E-state index is -3.62. The predicted octanol–water partition coefficient (Wildman–Crippen LogP) is 2.76. The number of benzene rings is 1. The van der Waals surface area contributed by atoms with Gasteiger partial charge in [0, 0.05) is 24.2 Å². The molecule has 0 amide bonds. The number of aryl methyl sites for hydroxylation is 1. The zero-order valence-corrected chi connectivity index (χ0v) is 15.4. The lowest BCUT2D eigenvalue weighted by molar-refractivity contribution is 0.406. The standard InChI is InChI=1S/C17H23N3O2S.ClH/c1-12-8-9-16(14-7-4-10-19-17(12)14)23(21,22)20-15(11-18)13-5-2-3-6-13;/h4,7-10,13,15,20H,2-3,5-6,11,18H2,1H3;1H. The van der Waals surface area contributed by atoms with Crippen molar-refractivity contribution in [1.82, 2.24) is 9.71 Å². The molecule has 1 unspecified atom stereocenters. The largest absolute Gasteiger partial charge is 0.329 e. The second kappa shape index (κ2) is 7.78. The van der Waals surface area contributed by atoms with Crippen LogP contribution in [0, 0.1) is 12.8 Å². The number of nitrogens with one attached hydrogen (secondary N) is 1. The number of nitrogens with two attached hydrogens (primary N) is 1. The molecule has 0 spiro atoms. The number of hydrogen-bond acceptors (Lipinski definition) is 4. The number of pyridine rings is 1. The topological polar surface area (TPSA) is 85.1 Å². The molecular weight excluding hydrogens is 346 g/mol. The smallest absolute Gasteiger partial charge is 0.241 e. The predicted molar refractivity (Wildman–Crippen MR) is 98.8 cm³/mol. The number of rotatable bonds is 5. The van der Waals surface area contributed by atoms with Crippen molar-refractivity contribution >= 4 is 33.3 Å². The van der Waals surface area contributed by atoms with Gasteiger partial charge < -0.3 is 5.73 Å². The van der Waals surface area contributed by atoms with E-state index in [1.165, 1.54) is 0 Å². The fourth-order valence-electron chi connectivity index (χ4n) is 3.48. The van der Waals surface area contributed by atoms with Crippen LogP contribution in [0.3, 0.4) is 0 Å². The minimum Gasteiger partial charge on any atom is -0.329 e. The maximum atomic E-state index is 12.9. The van der Waals surface area contributed by atoms with Crippen molar-refractivity contribution in [3.05, 3.63) is 36.0 Å². The van der Waals surface area contributed by atoms with Crippen LogP contribution in [0.2, 0.25) is 0 Å². The first-order valence-corrected chi connectivity index (χ1v) is 9.58. The van der Waals surface area contributed by atoms with Crippen LogP contribution in [-0.2, 0) is 10.0 Å². The van der Waals surface area contributed by atoms with Crippen LogP contribution >= 0.6 is 12.4 Å². The van der Waals surface area contributed by atoms with Gasteiger partial charge in [0.15, 0.2) is 0 Å². The SMILES string of the molecule is Cc1ccc(S(=O)(=O)NC(CN)C2CCCC2)c2cccnc12.Cl. The van der Waals surface area contributed by atoms with E-state index in [0.29, 0.717) is 17.8 Å². The molecule has 0 radical (unpaired) electrons. The summed E-state index contributed by atoms with van der Waals surface area (Å²) in [6, 6.07) is 6.83. The van der Waals surface area contributed by atoms with Gasteiger partial charge in [0.1, 0.15) is 0 Å². The molecule has 0 bridgehead atoms. The van der Waals surface area contributed by atoms with Gasteiger partial charge in [0.2, 0.25) is 10.0 Å². The Kier molecular flexibility index (Phi) is 6.20. The lowest BCUT2D eigenvalue weighted by Crippen LogP contribution is -2.44. The van der Waals surface area contributed by atoms with Gasteiger partial charge in [-0.3, -0.25) is 4.98 Å². The van der Waals surface area contributed by atoms with Crippen molar-refractivity contribution in [3.63, 3.8) is 0 Å². The minimum absolute atomic E-state index is 0. The quantitative estimate of drug-likeness (QED) is 0.848. The van der Waals surface area contributed by atoms with Gasteiger partial charge in [0.25, 0.3) is 0 Å². The Labute approximate surface area is 149 Å². The monoisotopic (exact) mass is 369 g/mol. The molecular formula is C17H24ClN3O2S. The number of sulfonamides is 1. The molecule has 24 heavy (non-hydrogen) atoms. The lowest BCUT2D eigenvalue weighted by atomic mass is 9.99. The van der Waals surface area contributed by atoms with Gasteiger partial charge in [-0.2, -0.15) is 0 Å². The zero-order chi connectivity index (χ0) is 16.4. The van der Waals surface area contributed by atoms with E-state index in [-0.39, 0.29) is 23.3 Å². The highest BCUT2D eigenvalue weighted by Crippen LogP contribution is 2.29. The van der Waals surface area contributed by atoms with Crippen LogP contribution in [0.4, 0.5) is 0 Å². The number of nitrogens with zero attached hydrogens (tertiary/aromatic N) is 1. The lowest BCUT2D eigenvalue weighted by Gasteiger charge is -2.23. The molecule has 0 aliphatic heterocycles. The molecule has 132 valence electrons. The summed E-state index contributed by atoms with van der Waals surface area (Å²) in [5.41, 5.74) is 7.52. The summed E-state index contributed by atoms with van der Waals surface area (Å²) >= 11 is 0. The van der Waals surface area contributed by atoms with Crippen LogP contribution in [0.1, 0.15) is 31.2 Å². The van der Waals surface area contributed by atoms with Crippen molar-refractivity contribution < 1.29 is 8.42 Å². The number of fused-ring (bicyclic) bond motifs is 1. The first kappa shape index (κ1) is 19.1. The Balaban J connectivity index is 0.00000208. The van der Waals surface area contributed by atoms with Gasteiger partial charge in [-0.25, -0.2) is 13.1 Å². The van der Waals surface area contributed by atoms with Crippen LogP contribution in [0.25, 0.3) is 10.9 Å². The first-order valence-electron chi connectivity index (χ1n) is 8.09. The molecule has 0 saturated heterocycles. The highest BCUT2D eigenvalue weighted by molar-refractivity contribution is 7.89. The Morgan fingerprint density at radius 3 is 2.67 bits per heavy atom. The van der Waals surface area contributed by atoms with Crippen molar-refractivity contribution in [1.29, 1.82) is 0 Å². The second-order valence-corrected chi connectivity index (χ2v) is 7.97. The van der Waals surface area contributed by atoms with E-state index in [0.717, 1.165) is 36.8 Å². The van der Waals surface area contributed by atoms with Gasteiger partial charge in [-0.05, 0) is 49.4 Å². The van der Waals surface area contributed by atoms with Crippen LogP contribution < -0.4 is 10.5 Å². The molecule has 3 rings (SSSR count). The zero-order valence-electron chi connectivity index (χ0n) is 13.7. The molecule has 3 N–H and O–H groups in total. The summed E-state index contributed by atoms with van der Waals surface area (Å²) in [7, 11) is -3.62. The molecule has 1 aromatic carbocycles. The van der Waals surface area contributed by atoms with Crippen LogP contribution in [0.5, 0.6) is 0 Å². The summed E-state index contributed by atoms with van der Waals surface area (Å²) < 4.78 is 28.6. The van der Waals surface area contributed by atoms with E-state index >= 15 is 0 Å². The summed E-state index contributed by atoms with van der Waals surface area (Å²) in [6.45, 7) is 2.26. The van der Waals surface area contributed by atoms with Gasteiger partial charge >= 0.3 is 0 Å². The molecule has 1 aliphatic carbocycles. The fourth-order valence-corrected chi connectivity index (χ4v) is 5.00. The van der Waals surface area contributed by atoms with Crippen molar-refractivity contribution in [2.75, 3.05) is 6.54 Å². The van der Waals surface area contributed by atoms with Gasteiger partial charge in [-0.1, -0.05) is 18.9 Å². The molecule has 1 atom stereocenters. The molecule has 2 aromatic rings. The van der Waals surface area contributed by atoms with Crippen molar-refractivity contribution in [3.8, 4) is 0 Å². The summed E-state index contributed by atoms with van der Waals surface area (Å²) in [4.78, 5) is 4.59. The Bertz CT molecular complexity index is 805. The first-order chi connectivity index (χ1) is 11.0. The van der Waals surface area contributed by atoms with Gasteiger partial charge in [0.05, 0.1) is 10.4 Å². The molecule has 5 nitrogen and oxygen atoms in total. The molecule has 1 saturated carbocycles. The average Bonchev–Trinajstić information content (AvgIpc) is 3.07. The molecule has 1 aliphatic rings. The van der Waals surface area contributed by atoms with Crippen molar-refractivity contribution in [2.45, 2.75) is 43.5 Å². The Morgan fingerprint density at radius 2 is 2.00 bits per heavy atom. The maximum absolute atomic E-state index is 12.9. The van der Waals surface area contributed by atoms with Crippen LogP contribution in [0.15, 0.2) is 35.4 Å². The molecule has 1 aromatic heterocycles. The third-order valence-corrected chi connectivity index (χ3v) is 6.30.